The van der Waals surface area contributed by atoms with Gasteiger partial charge in [0.25, 0.3) is 0 Å². The van der Waals surface area contributed by atoms with Crippen molar-refractivity contribution in [3.8, 4) is 6.07 Å². The third-order valence-electron chi connectivity index (χ3n) is 3.20. The summed E-state index contributed by atoms with van der Waals surface area (Å²) in [6.07, 6.45) is 1.52. The number of hydrogen-bond acceptors (Lipinski definition) is 4. The van der Waals surface area contributed by atoms with Gasteiger partial charge in [-0.15, -0.1) is 0 Å². The lowest BCUT2D eigenvalue weighted by Crippen LogP contribution is -2.46. The molecule has 4 heteroatoms. The fourth-order valence-corrected chi connectivity index (χ4v) is 2.24. The Morgan fingerprint density at radius 2 is 2.00 bits per heavy atom. The lowest BCUT2D eigenvalue weighted by atomic mass is 9.97. The number of nitriles is 1. The quantitative estimate of drug-likeness (QED) is 0.640. The van der Waals surface area contributed by atoms with Gasteiger partial charge in [0.1, 0.15) is 0 Å². The van der Waals surface area contributed by atoms with Crippen LogP contribution in [-0.4, -0.2) is 48.5 Å². The summed E-state index contributed by atoms with van der Waals surface area (Å²) in [7, 11) is 0. The van der Waals surface area contributed by atoms with Gasteiger partial charge in [-0.3, -0.25) is 4.90 Å². The summed E-state index contributed by atoms with van der Waals surface area (Å²) in [5.74, 6) is 0.214. The number of hydrogen-bond donors (Lipinski definition) is 1. The second-order valence-corrected chi connectivity index (χ2v) is 4.11. The Hall–Kier alpha value is -0.630. The van der Waals surface area contributed by atoms with E-state index in [1.165, 1.54) is 0 Å². The van der Waals surface area contributed by atoms with Crippen molar-refractivity contribution in [3.05, 3.63) is 0 Å². The molecule has 0 spiro atoms. The normalized spacial score (nSPS) is 35.7. The first kappa shape index (κ1) is 9.91. The van der Waals surface area contributed by atoms with Crippen LogP contribution in [0.1, 0.15) is 12.8 Å². The highest BCUT2D eigenvalue weighted by molar-refractivity contribution is 4.91. The SMILES string of the molecule is N#CC1CCN(C2COCC2O)CC1. The molecule has 0 radical (unpaired) electrons. The van der Waals surface area contributed by atoms with Crippen LogP contribution in [-0.2, 0) is 4.74 Å². The lowest BCUT2D eigenvalue weighted by molar-refractivity contribution is 0.0644. The van der Waals surface area contributed by atoms with Crippen molar-refractivity contribution < 1.29 is 9.84 Å². The van der Waals surface area contributed by atoms with Crippen LogP contribution in [0.2, 0.25) is 0 Å². The number of ether oxygens (including phenoxy) is 1. The van der Waals surface area contributed by atoms with E-state index in [4.69, 9.17) is 10.00 Å². The maximum Gasteiger partial charge on any atom is 0.0950 e. The highest BCUT2D eigenvalue weighted by atomic mass is 16.5. The molecular weight excluding hydrogens is 180 g/mol. The molecule has 1 N–H and O–H groups in total. The van der Waals surface area contributed by atoms with Gasteiger partial charge in [0.05, 0.1) is 31.4 Å². The summed E-state index contributed by atoms with van der Waals surface area (Å²) in [6, 6.07) is 2.47. The van der Waals surface area contributed by atoms with E-state index in [0.29, 0.717) is 13.2 Å². The molecule has 0 saturated carbocycles. The van der Waals surface area contributed by atoms with Crippen molar-refractivity contribution in [2.75, 3.05) is 26.3 Å². The number of nitrogens with zero attached hydrogens (tertiary/aromatic N) is 2. The number of aliphatic hydroxyl groups is 1. The van der Waals surface area contributed by atoms with E-state index in [1.54, 1.807) is 0 Å². The predicted molar refractivity (Wildman–Crippen MR) is 50.5 cm³/mol. The topological polar surface area (TPSA) is 56.5 Å². The van der Waals surface area contributed by atoms with E-state index < -0.39 is 0 Å². The first-order chi connectivity index (χ1) is 6.81. The van der Waals surface area contributed by atoms with E-state index in [0.717, 1.165) is 25.9 Å². The van der Waals surface area contributed by atoms with Gasteiger partial charge in [-0.25, -0.2) is 0 Å². The van der Waals surface area contributed by atoms with Crippen LogP contribution < -0.4 is 0 Å². The van der Waals surface area contributed by atoms with E-state index in [1.807, 2.05) is 0 Å². The Labute approximate surface area is 84.1 Å². The molecule has 0 aromatic rings. The van der Waals surface area contributed by atoms with Crippen molar-refractivity contribution in [2.24, 2.45) is 5.92 Å². The summed E-state index contributed by atoms with van der Waals surface area (Å²) < 4.78 is 5.22. The smallest absolute Gasteiger partial charge is 0.0950 e. The van der Waals surface area contributed by atoms with Crippen LogP contribution in [0.3, 0.4) is 0 Å². The molecule has 2 fully saturated rings. The summed E-state index contributed by atoms with van der Waals surface area (Å²) in [6.45, 7) is 2.94. The lowest BCUT2D eigenvalue weighted by Gasteiger charge is -2.34. The van der Waals surface area contributed by atoms with Crippen molar-refractivity contribution >= 4 is 0 Å². The first-order valence-electron chi connectivity index (χ1n) is 5.20. The molecule has 2 aliphatic heterocycles. The van der Waals surface area contributed by atoms with Gasteiger partial charge in [0.15, 0.2) is 0 Å². The molecule has 0 aliphatic carbocycles. The summed E-state index contributed by atoms with van der Waals surface area (Å²) in [4.78, 5) is 2.26. The molecule has 2 heterocycles. The molecule has 2 atom stereocenters. The molecule has 2 saturated heterocycles. The average Bonchev–Trinajstić information content (AvgIpc) is 2.65. The molecule has 4 nitrogen and oxygen atoms in total. The molecule has 78 valence electrons. The van der Waals surface area contributed by atoms with E-state index in [-0.39, 0.29) is 18.1 Å². The zero-order valence-corrected chi connectivity index (χ0v) is 8.22. The Balaban J connectivity index is 1.86. The second-order valence-electron chi connectivity index (χ2n) is 4.11. The fourth-order valence-electron chi connectivity index (χ4n) is 2.24. The van der Waals surface area contributed by atoms with Gasteiger partial charge < -0.3 is 9.84 Å². The largest absolute Gasteiger partial charge is 0.389 e. The van der Waals surface area contributed by atoms with Crippen LogP contribution >= 0.6 is 0 Å². The number of likely N-dealkylation sites (tertiary alicyclic amines) is 1. The highest BCUT2D eigenvalue weighted by Crippen LogP contribution is 2.21. The van der Waals surface area contributed by atoms with Crippen LogP contribution in [0, 0.1) is 17.2 Å². The second kappa shape index (κ2) is 4.26. The van der Waals surface area contributed by atoms with Crippen molar-refractivity contribution in [1.82, 2.24) is 4.90 Å². The van der Waals surface area contributed by atoms with Gasteiger partial charge in [0.2, 0.25) is 0 Å². The number of piperidine rings is 1. The van der Waals surface area contributed by atoms with Crippen LogP contribution in [0.15, 0.2) is 0 Å². The minimum absolute atomic E-state index is 0.162. The Kier molecular flexibility index (Phi) is 3.02. The third-order valence-corrected chi connectivity index (χ3v) is 3.20. The molecule has 0 aromatic carbocycles. The molecule has 0 amide bonds. The van der Waals surface area contributed by atoms with Crippen molar-refractivity contribution in [2.45, 2.75) is 25.0 Å². The van der Waals surface area contributed by atoms with Crippen molar-refractivity contribution in [1.29, 1.82) is 5.26 Å². The third kappa shape index (κ3) is 1.90. The Morgan fingerprint density at radius 1 is 1.29 bits per heavy atom. The standard InChI is InChI=1S/C10H16N2O2/c11-5-8-1-3-12(4-2-8)9-6-14-7-10(9)13/h8-10,13H,1-4,6-7H2. The molecule has 0 aromatic heterocycles. The Morgan fingerprint density at radius 3 is 2.50 bits per heavy atom. The van der Waals surface area contributed by atoms with Gasteiger partial charge in [-0.1, -0.05) is 0 Å². The van der Waals surface area contributed by atoms with Crippen LogP contribution in [0.25, 0.3) is 0 Å². The zero-order valence-electron chi connectivity index (χ0n) is 8.22. The molecular formula is C10H16N2O2. The van der Waals surface area contributed by atoms with Gasteiger partial charge in [-0.2, -0.15) is 5.26 Å². The van der Waals surface area contributed by atoms with Gasteiger partial charge in [-0.05, 0) is 25.9 Å². The molecule has 2 unspecified atom stereocenters. The van der Waals surface area contributed by atoms with Crippen molar-refractivity contribution in [3.63, 3.8) is 0 Å². The fraction of sp³-hybridized carbons (Fsp3) is 0.900. The molecule has 0 bridgehead atoms. The van der Waals surface area contributed by atoms with Crippen LogP contribution in [0.4, 0.5) is 0 Å². The van der Waals surface area contributed by atoms with E-state index in [2.05, 4.69) is 11.0 Å². The van der Waals surface area contributed by atoms with E-state index in [9.17, 15) is 5.11 Å². The van der Waals surface area contributed by atoms with Gasteiger partial charge in [0, 0.05) is 5.92 Å². The van der Waals surface area contributed by atoms with Crippen LogP contribution in [0.5, 0.6) is 0 Å². The van der Waals surface area contributed by atoms with E-state index >= 15 is 0 Å². The summed E-state index contributed by atoms with van der Waals surface area (Å²) >= 11 is 0. The molecule has 14 heavy (non-hydrogen) atoms. The number of aliphatic hydroxyl groups excluding tert-OH is 1. The minimum Gasteiger partial charge on any atom is -0.389 e. The maximum absolute atomic E-state index is 9.63. The first-order valence-corrected chi connectivity index (χ1v) is 5.20. The zero-order chi connectivity index (χ0) is 9.97. The summed E-state index contributed by atoms with van der Waals surface area (Å²) in [5, 5.41) is 18.4. The van der Waals surface area contributed by atoms with Gasteiger partial charge >= 0.3 is 0 Å². The average molecular weight is 196 g/mol. The maximum atomic E-state index is 9.63. The number of rotatable bonds is 1. The highest BCUT2D eigenvalue weighted by Gasteiger charge is 2.33. The monoisotopic (exact) mass is 196 g/mol. The molecule has 2 aliphatic rings. The Bertz CT molecular complexity index is 231. The summed E-state index contributed by atoms with van der Waals surface area (Å²) in [5.41, 5.74) is 0. The molecule has 2 rings (SSSR count). The minimum atomic E-state index is -0.339. The predicted octanol–water partition coefficient (Wildman–Crippen LogP) is -0.0183.